The van der Waals surface area contributed by atoms with E-state index >= 15 is 0 Å². The van der Waals surface area contributed by atoms with Gasteiger partial charge in [-0.3, -0.25) is 19.0 Å². The van der Waals surface area contributed by atoms with E-state index in [-0.39, 0.29) is 16.7 Å². The lowest BCUT2D eigenvalue weighted by atomic mass is 10.1. The zero-order valence-electron chi connectivity index (χ0n) is 16.6. The molecular weight excluding hydrogens is 362 g/mol. The summed E-state index contributed by atoms with van der Waals surface area (Å²) < 4.78 is 1.62. The first-order valence-corrected chi connectivity index (χ1v) is 9.84. The maximum absolute atomic E-state index is 12.6. The second-order valence-corrected chi connectivity index (χ2v) is 7.81. The molecule has 27 heavy (non-hydrogen) atoms. The van der Waals surface area contributed by atoms with Crippen LogP contribution in [0.5, 0.6) is 0 Å². The Morgan fingerprint density at radius 2 is 1.70 bits per heavy atom. The van der Waals surface area contributed by atoms with Gasteiger partial charge >= 0.3 is 4.87 Å². The van der Waals surface area contributed by atoms with Crippen molar-refractivity contribution >= 4 is 23.2 Å². The Labute approximate surface area is 164 Å². The molecule has 0 fully saturated rings. The minimum Gasteiger partial charge on any atom is -0.345 e. The predicted molar refractivity (Wildman–Crippen MR) is 109 cm³/mol. The van der Waals surface area contributed by atoms with E-state index in [2.05, 4.69) is 6.92 Å². The second-order valence-electron chi connectivity index (χ2n) is 6.85. The molecule has 1 aromatic heterocycles. The van der Waals surface area contributed by atoms with Gasteiger partial charge in [0, 0.05) is 38.9 Å². The van der Waals surface area contributed by atoms with Gasteiger partial charge in [-0.25, -0.2) is 0 Å². The zero-order chi connectivity index (χ0) is 20.1. The van der Waals surface area contributed by atoms with Gasteiger partial charge < -0.3 is 9.80 Å². The Morgan fingerprint density at radius 3 is 2.26 bits per heavy atom. The summed E-state index contributed by atoms with van der Waals surface area (Å²) in [7, 11) is 5.19. The lowest BCUT2D eigenvalue weighted by Crippen LogP contribution is -2.27. The van der Waals surface area contributed by atoms with E-state index in [0.717, 1.165) is 29.7 Å². The van der Waals surface area contributed by atoms with Crippen LogP contribution in [-0.4, -0.2) is 53.9 Å². The van der Waals surface area contributed by atoms with Crippen LogP contribution in [0.25, 0.3) is 0 Å². The number of aromatic nitrogens is 1. The fraction of sp³-hybridized carbons (Fsp3) is 0.450. The highest BCUT2D eigenvalue weighted by molar-refractivity contribution is 7.11. The average molecular weight is 390 g/mol. The van der Waals surface area contributed by atoms with Crippen LogP contribution < -0.4 is 4.87 Å². The summed E-state index contributed by atoms with van der Waals surface area (Å²) in [5.74, 6) is -0.165. The van der Waals surface area contributed by atoms with Crippen molar-refractivity contribution in [3.63, 3.8) is 0 Å². The van der Waals surface area contributed by atoms with E-state index < -0.39 is 0 Å². The van der Waals surface area contributed by atoms with E-state index in [4.69, 9.17) is 0 Å². The van der Waals surface area contributed by atoms with Crippen molar-refractivity contribution in [2.45, 2.75) is 33.2 Å². The summed E-state index contributed by atoms with van der Waals surface area (Å²) >= 11 is 0.997. The van der Waals surface area contributed by atoms with Gasteiger partial charge in [-0.05, 0) is 31.0 Å². The van der Waals surface area contributed by atoms with Gasteiger partial charge in [0.25, 0.3) is 11.8 Å². The number of thiazole rings is 1. The molecule has 0 radical (unpaired) electrons. The summed E-state index contributed by atoms with van der Waals surface area (Å²) in [5.41, 5.74) is 2.20. The van der Waals surface area contributed by atoms with Crippen LogP contribution in [0.1, 0.15) is 51.1 Å². The minimum absolute atomic E-state index is 0.0616. The third-order valence-electron chi connectivity index (χ3n) is 4.48. The van der Waals surface area contributed by atoms with Gasteiger partial charge in [0.05, 0.1) is 6.54 Å². The summed E-state index contributed by atoms with van der Waals surface area (Å²) in [6.45, 7) is 4.95. The zero-order valence-corrected chi connectivity index (χ0v) is 17.4. The number of carbonyl (C=O) groups is 2. The molecular formula is C20H27N3O3S. The van der Waals surface area contributed by atoms with Crippen LogP contribution in [0.4, 0.5) is 0 Å². The highest BCUT2D eigenvalue weighted by Gasteiger charge is 2.20. The van der Waals surface area contributed by atoms with Crippen molar-refractivity contribution in [1.82, 2.24) is 14.4 Å². The average Bonchev–Trinajstić information content (AvgIpc) is 2.93. The van der Waals surface area contributed by atoms with Gasteiger partial charge in [0.1, 0.15) is 4.88 Å². The van der Waals surface area contributed by atoms with E-state index in [0.29, 0.717) is 29.2 Å². The minimum atomic E-state index is -0.145. The van der Waals surface area contributed by atoms with Crippen molar-refractivity contribution in [2.24, 2.45) is 0 Å². The summed E-state index contributed by atoms with van der Waals surface area (Å²) in [6.07, 6.45) is 1.95. The summed E-state index contributed by atoms with van der Waals surface area (Å²) in [4.78, 5) is 40.6. The number of benzene rings is 1. The molecule has 6 nitrogen and oxygen atoms in total. The Morgan fingerprint density at radius 1 is 1.07 bits per heavy atom. The molecule has 0 saturated carbocycles. The Balaban J connectivity index is 2.21. The standard InChI is InChI=1S/C20H27N3O3S/c1-6-7-12-22(5)19(25)17-14(2)23(20(26)27-17)13-15-8-10-16(11-9-15)18(24)21(3)4/h8-11H,6-7,12-13H2,1-5H3. The van der Waals surface area contributed by atoms with Crippen LogP contribution in [0.2, 0.25) is 0 Å². The molecule has 2 rings (SSSR count). The molecule has 1 heterocycles. The third kappa shape index (κ3) is 4.86. The first kappa shape index (κ1) is 20.9. The van der Waals surface area contributed by atoms with Gasteiger partial charge in [0.15, 0.2) is 0 Å². The topological polar surface area (TPSA) is 62.6 Å². The maximum Gasteiger partial charge on any atom is 0.308 e. The van der Waals surface area contributed by atoms with E-state index in [1.165, 1.54) is 4.90 Å². The first-order valence-electron chi connectivity index (χ1n) is 9.02. The highest BCUT2D eigenvalue weighted by atomic mass is 32.1. The van der Waals surface area contributed by atoms with Crippen LogP contribution in [-0.2, 0) is 6.54 Å². The molecule has 0 aliphatic rings. The molecule has 0 saturated heterocycles. The summed E-state index contributed by atoms with van der Waals surface area (Å²) in [6, 6.07) is 7.20. The summed E-state index contributed by atoms with van der Waals surface area (Å²) in [5, 5.41) is 0. The molecule has 0 aliphatic carbocycles. The molecule has 0 atom stereocenters. The SMILES string of the molecule is CCCCN(C)C(=O)c1sc(=O)n(Cc2ccc(C(=O)N(C)C)cc2)c1C. The fourth-order valence-corrected chi connectivity index (χ4v) is 3.71. The van der Waals surface area contributed by atoms with Gasteiger partial charge in [-0.15, -0.1) is 0 Å². The molecule has 2 amide bonds. The number of rotatable bonds is 7. The van der Waals surface area contributed by atoms with Crippen molar-refractivity contribution in [3.8, 4) is 0 Å². The van der Waals surface area contributed by atoms with Gasteiger partial charge in [0.2, 0.25) is 0 Å². The molecule has 0 unspecified atom stereocenters. The van der Waals surface area contributed by atoms with Gasteiger partial charge in [-0.2, -0.15) is 0 Å². The third-order valence-corrected chi connectivity index (χ3v) is 5.55. The number of carbonyl (C=O) groups excluding carboxylic acids is 2. The highest BCUT2D eigenvalue weighted by Crippen LogP contribution is 2.16. The number of amides is 2. The molecule has 7 heteroatoms. The number of hydrogen-bond donors (Lipinski definition) is 0. The molecule has 0 spiro atoms. The van der Waals surface area contributed by atoms with Crippen molar-refractivity contribution in [2.75, 3.05) is 27.7 Å². The lowest BCUT2D eigenvalue weighted by molar-refractivity contribution is 0.0795. The molecule has 0 aliphatic heterocycles. The quantitative estimate of drug-likeness (QED) is 0.731. The normalized spacial score (nSPS) is 10.7. The van der Waals surface area contributed by atoms with Crippen molar-refractivity contribution in [1.29, 1.82) is 0 Å². The largest absolute Gasteiger partial charge is 0.345 e. The fourth-order valence-electron chi connectivity index (χ4n) is 2.72. The number of nitrogens with zero attached hydrogens (tertiary/aromatic N) is 3. The Bertz CT molecular complexity index is 866. The molecule has 2 aromatic rings. The lowest BCUT2D eigenvalue weighted by Gasteiger charge is -2.16. The van der Waals surface area contributed by atoms with E-state index in [9.17, 15) is 14.4 Å². The smallest absolute Gasteiger partial charge is 0.308 e. The maximum atomic E-state index is 12.6. The Hall–Kier alpha value is -2.41. The van der Waals surface area contributed by atoms with E-state index in [1.807, 2.05) is 19.1 Å². The predicted octanol–water partition coefficient (Wildman–Crippen LogP) is 2.84. The van der Waals surface area contributed by atoms with Crippen molar-refractivity contribution in [3.05, 3.63) is 55.6 Å². The molecule has 1 aromatic carbocycles. The van der Waals surface area contributed by atoms with Crippen LogP contribution in [0.15, 0.2) is 29.1 Å². The van der Waals surface area contributed by atoms with Gasteiger partial charge in [-0.1, -0.05) is 36.8 Å². The molecule has 146 valence electrons. The number of hydrogen-bond acceptors (Lipinski definition) is 4. The number of unbranched alkanes of at least 4 members (excludes halogenated alkanes) is 1. The van der Waals surface area contributed by atoms with Crippen LogP contribution in [0, 0.1) is 6.92 Å². The monoisotopic (exact) mass is 389 g/mol. The molecule has 0 N–H and O–H groups in total. The second kappa shape index (κ2) is 8.99. The first-order chi connectivity index (χ1) is 12.8. The van der Waals surface area contributed by atoms with Crippen LogP contribution in [0.3, 0.4) is 0 Å². The van der Waals surface area contributed by atoms with Crippen LogP contribution >= 0.6 is 11.3 Å². The Kier molecular flexibility index (Phi) is 6.96. The molecule has 0 bridgehead atoms. The van der Waals surface area contributed by atoms with E-state index in [1.54, 1.807) is 42.7 Å². The van der Waals surface area contributed by atoms with Crippen molar-refractivity contribution < 1.29 is 9.59 Å².